The van der Waals surface area contributed by atoms with Crippen molar-refractivity contribution < 1.29 is 9.47 Å². The van der Waals surface area contributed by atoms with Crippen molar-refractivity contribution in [2.75, 3.05) is 24.5 Å². The number of hydrogen-bond donors (Lipinski definition) is 2. The molecule has 3 rings (SSSR count). The zero-order chi connectivity index (χ0) is 12.4. The van der Waals surface area contributed by atoms with E-state index >= 15 is 0 Å². The van der Waals surface area contributed by atoms with E-state index in [1.807, 2.05) is 49.5 Å². The normalized spacial score (nSPS) is 12.3. The highest BCUT2D eigenvalue weighted by Gasteiger charge is 2.13. The molecule has 0 fully saturated rings. The molecule has 1 heterocycles. The van der Waals surface area contributed by atoms with Gasteiger partial charge in [0.05, 0.1) is 0 Å². The van der Waals surface area contributed by atoms with Crippen LogP contribution in [-0.2, 0) is 0 Å². The Morgan fingerprint density at radius 3 is 2.56 bits per heavy atom. The van der Waals surface area contributed by atoms with Gasteiger partial charge in [0, 0.05) is 30.2 Å². The van der Waals surface area contributed by atoms with E-state index in [-0.39, 0.29) is 0 Å². The van der Waals surface area contributed by atoms with Gasteiger partial charge in [0.1, 0.15) is 0 Å². The molecule has 0 spiro atoms. The first kappa shape index (κ1) is 10.8. The minimum atomic E-state index is 0.300. The van der Waals surface area contributed by atoms with Gasteiger partial charge in [-0.25, -0.2) is 0 Å². The largest absolute Gasteiger partial charge is 0.454 e. The van der Waals surface area contributed by atoms with Gasteiger partial charge in [0.15, 0.2) is 11.5 Å². The monoisotopic (exact) mass is 242 g/mol. The predicted molar refractivity (Wildman–Crippen MR) is 71.8 cm³/mol. The lowest BCUT2D eigenvalue weighted by atomic mass is 10.2. The average Bonchev–Trinajstić information content (AvgIpc) is 2.86. The van der Waals surface area contributed by atoms with Crippen molar-refractivity contribution in [3.63, 3.8) is 0 Å². The summed E-state index contributed by atoms with van der Waals surface area (Å²) < 4.78 is 10.6. The number of nitrogens with one attached hydrogen (secondary N) is 2. The molecule has 0 aromatic heterocycles. The summed E-state index contributed by atoms with van der Waals surface area (Å²) in [7, 11) is 1.90. The van der Waals surface area contributed by atoms with Gasteiger partial charge >= 0.3 is 0 Å². The molecule has 2 aromatic rings. The van der Waals surface area contributed by atoms with E-state index in [0.717, 1.165) is 28.6 Å². The van der Waals surface area contributed by atoms with Gasteiger partial charge in [0.2, 0.25) is 6.79 Å². The maximum atomic E-state index is 5.35. The summed E-state index contributed by atoms with van der Waals surface area (Å²) in [5, 5.41) is 6.44. The van der Waals surface area contributed by atoms with Crippen LogP contribution in [-0.4, -0.2) is 13.8 Å². The number of anilines is 3. The fourth-order valence-electron chi connectivity index (χ4n) is 1.89. The van der Waals surface area contributed by atoms with Crippen LogP contribution in [0.3, 0.4) is 0 Å². The Morgan fingerprint density at radius 2 is 1.67 bits per heavy atom. The fraction of sp³-hybridized carbons (Fsp3) is 0.143. The Kier molecular flexibility index (Phi) is 2.68. The van der Waals surface area contributed by atoms with Crippen LogP contribution in [0.2, 0.25) is 0 Å². The summed E-state index contributed by atoms with van der Waals surface area (Å²) in [4.78, 5) is 0. The second-order valence-corrected chi connectivity index (χ2v) is 4.02. The van der Waals surface area contributed by atoms with Crippen LogP contribution >= 0.6 is 0 Å². The number of rotatable bonds is 3. The van der Waals surface area contributed by atoms with Crippen LogP contribution in [0.5, 0.6) is 11.5 Å². The lowest BCUT2D eigenvalue weighted by Crippen LogP contribution is -1.93. The highest BCUT2D eigenvalue weighted by atomic mass is 16.7. The second kappa shape index (κ2) is 4.49. The molecule has 2 N–H and O–H groups in total. The van der Waals surface area contributed by atoms with Gasteiger partial charge in [-0.05, 0) is 30.3 Å². The predicted octanol–water partition coefficient (Wildman–Crippen LogP) is 3.20. The van der Waals surface area contributed by atoms with Gasteiger partial charge < -0.3 is 20.1 Å². The molecule has 0 saturated heterocycles. The molecule has 4 heteroatoms. The number of fused-ring (bicyclic) bond motifs is 1. The van der Waals surface area contributed by atoms with Gasteiger partial charge in [-0.1, -0.05) is 6.07 Å². The lowest BCUT2D eigenvalue weighted by molar-refractivity contribution is 0.174. The van der Waals surface area contributed by atoms with Crippen molar-refractivity contribution in [1.82, 2.24) is 0 Å². The number of ether oxygens (including phenoxy) is 2. The molecule has 18 heavy (non-hydrogen) atoms. The Bertz CT molecular complexity index is 569. The Balaban J connectivity index is 1.83. The molecule has 0 unspecified atom stereocenters. The van der Waals surface area contributed by atoms with Crippen molar-refractivity contribution >= 4 is 17.1 Å². The van der Waals surface area contributed by atoms with Crippen LogP contribution in [0.1, 0.15) is 0 Å². The molecule has 2 aromatic carbocycles. The molecule has 0 aliphatic carbocycles. The highest BCUT2D eigenvalue weighted by molar-refractivity contribution is 5.66. The molecule has 0 amide bonds. The Morgan fingerprint density at radius 1 is 0.889 bits per heavy atom. The summed E-state index contributed by atoms with van der Waals surface area (Å²) >= 11 is 0. The third-order valence-corrected chi connectivity index (χ3v) is 2.81. The zero-order valence-electron chi connectivity index (χ0n) is 10.1. The van der Waals surface area contributed by atoms with E-state index in [9.17, 15) is 0 Å². The Hall–Kier alpha value is -2.36. The van der Waals surface area contributed by atoms with Gasteiger partial charge in [-0.3, -0.25) is 0 Å². The summed E-state index contributed by atoms with van der Waals surface area (Å²) in [6.45, 7) is 0.300. The fourth-order valence-corrected chi connectivity index (χ4v) is 1.89. The van der Waals surface area contributed by atoms with E-state index in [1.165, 1.54) is 0 Å². The molecule has 0 radical (unpaired) electrons. The molecule has 1 aliphatic rings. The molecule has 0 saturated carbocycles. The third kappa shape index (κ3) is 2.05. The molecule has 1 aliphatic heterocycles. The molecular weight excluding hydrogens is 228 g/mol. The summed E-state index contributed by atoms with van der Waals surface area (Å²) in [5.41, 5.74) is 3.08. The first-order valence-electron chi connectivity index (χ1n) is 5.79. The van der Waals surface area contributed by atoms with Gasteiger partial charge in [-0.15, -0.1) is 0 Å². The second-order valence-electron chi connectivity index (χ2n) is 4.02. The van der Waals surface area contributed by atoms with E-state index in [0.29, 0.717) is 6.79 Å². The lowest BCUT2D eigenvalue weighted by Gasteiger charge is -2.08. The van der Waals surface area contributed by atoms with Crippen molar-refractivity contribution in [3.05, 3.63) is 42.5 Å². The van der Waals surface area contributed by atoms with E-state index in [2.05, 4.69) is 10.6 Å². The van der Waals surface area contributed by atoms with Crippen LogP contribution in [0, 0.1) is 0 Å². The van der Waals surface area contributed by atoms with Gasteiger partial charge in [0.25, 0.3) is 0 Å². The smallest absolute Gasteiger partial charge is 0.231 e. The standard InChI is InChI=1S/C14H14N2O2/c1-15-10-3-2-4-11(7-10)16-12-5-6-13-14(8-12)18-9-17-13/h2-8,15-16H,9H2,1H3. The minimum absolute atomic E-state index is 0.300. The first-order valence-corrected chi connectivity index (χ1v) is 5.79. The third-order valence-electron chi connectivity index (χ3n) is 2.81. The summed E-state index contributed by atoms with van der Waals surface area (Å²) in [6, 6.07) is 13.9. The van der Waals surface area contributed by atoms with Crippen LogP contribution < -0.4 is 20.1 Å². The molecular formula is C14H14N2O2. The first-order chi connectivity index (χ1) is 8.85. The van der Waals surface area contributed by atoms with Crippen molar-refractivity contribution in [1.29, 1.82) is 0 Å². The highest BCUT2D eigenvalue weighted by Crippen LogP contribution is 2.35. The summed E-state index contributed by atoms with van der Waals surface area (Å²) in [5.74, 6) is 1.58. The van der Waals surface area contributed by atoms with E-state index in [1.54, 1.807) is 0 Å². The molecule has 4 nitrogen and oxygen atoms in total. The zero-order valence-corrected chi connectivity index (χ0v) is 10.1. The van der Waals surface area contributed by atoms with Crippen molar-refractivity contribution in [3.8, 4) is 11.5 Å². The SMILES string of the molecule is CNc1cccc(Nc2ccc3c(c2)OCO3)c1. The van der Waals surface area contributed by atoms with E-state index < -0.39 is 0 Å². The average molecular weight is 242 g/mol. The van der Waals surface area contributed by atoms with E-state index in [4.69, 9.17) is 9.47 Å². The quantitative estimate of drug-likeness (QED) is 0.867. The topological polar surface area (TPSA) is 42.5 Å². The van der Waals surface area contributed by atoms with Crippen LogP contribution in [0.15, 0.2) is 42.5 Å². The molecule has 0 bridgehead atoms. The van der Waals surface area contributed by atoms with Gasteiger partial charge in [-0.2, -0.15) is 0 Å². The van der Waals surface area contributed by atoms with Crippen molar-refractivity contribution in [2.24, 2.45) is 0 Å². The maximum Gasteiger partial charge on any atom is 0.231 e. The maximum absolute atomic E-state index is 5.35. The number of hydrogen-bond acceptors (Lipinski definition) is 4. The molecule has 92 valence electrons. The Labute approximate surface area is 106 Å². The molecule has 0 atom stereocenters. The minimum Gasteiger partial charge on any atom is -0.454 e. The summed E-state index contributed by atoms with van der Waals surface area (Å²) in [6.07, 6.45) is 0. The van der Waals surface area contributed by atoms with Crippen LogP contribution in [0.4, 0.5) is 17.1 Å². The van der Waals surface area contributed by atoms with Crippen LogP contribution in [0.25, 0.3) is 0 Å². The number of benzene rings is 2. The van der Waals surface area contributed by atoms with Crippen molar-refractivity contribution in [2.45, 2.75) is 0 Å².